The lowest BCUT2D eigenvalue weighted by Gasteiger charge is -2.24. The lowest BCUT2D eigenvalue weighted by atomic mass is 9.84. The van der Waals surface area contributed by atoms with Gasteiger partial charge in [-0.1, -0.05) is 66.2 Å². The van der Waals surface area contributed by atoms with Gasteiger partial charge in [-0.3, -0.25) is 14.9 Å². The summed E-state index contributed by atoms with van der Waals surface area (Å²) in [5.41, 5.74) is 9.49. The Bertz CT molecular complexity index is 1340. The van der Waals surface area contributed by atoms with E-state index in [0.717, 1.165) is 42.5 Å². The lowest BCUT2D eigenvalue weighted by Crippen LogP contribution is -2.42. The van der Waals surface area contributed by atoms with E-state index >= 15 is 0 Å². The standard InChI is InChI=1S/C29H36BrN7O4/c1-40-25-13-21(22(30)15-26(25)41-2)14-27(38)35-29(31)34-23(12-18-7-4-3-5-8-18)28(39)32-16-19-9-6-10-20(11-19)24-17-33-37-36-24/h6,9-11,13,15,18,23H,3-5,7-8,12,14,16-17H2,1-2H3,(H,32,39)(H3,31,34,35,38)/t23-/m1/s1. The Kier molecular flexibility index (Phi) is 10.8. The van der Waals surface area contributed by atoms with Gasteiger partial charge in [-0.25, -0.2) is 4.99 Å². The molecule has 1 aliphatic heterocycles. The van der Waals surface area contributed by atoms with Crippen LogP contribution in [-0.2, 0) is 22.6 Å². The van der Waals surface area contributed by atoms with Gasteiger partial charge in [0.05, 0.1) is 26.4 Å². The van der Waals surface area contributed by atoms with Crippen LogP contribution in [0.15, 0.2) is 61.3 Å². The first-order valence-electron chi connectivity index (χ1n) is 13.7. The molecule has 1 atom stereocenters. The molecule has 11 nitrogen and oxygen atoms in total. The van der Waals surface area contributed by atoms with Crippen LogP contribution in [0.1, 0.15) is 55.2 Å². The van der Waals surface area contributed by atoms with Gasteiger partial charge >= 0.3 is 0 Å². The van der Waals surface area contributed by atoms with Crippen LogP contribution in [0.3, 0.4) is 0 Å². The Morgan fingerprint density at radius 1 is 1.12 bits per heavy atom. The number of carbonyl (C=O) groups excluding carboxylic acids is 2. The number of guanidine groups is 1. The molecule has 2 aromatic carbocycles. The number of benzene rings is 2. The SMILES string of the molecule is COc1cc(Br)c(CC(=O)NC(N)=N[C@H](CC2CCCCC2)C(=O)NCc2cccc(C3=NN=NC3)c2)cc1OC. The summed E-state index contributed by atoms with van der Waals surface area (Å²) in [6.07, 6.45) is 6.21. The molecule has 1 fully saturated rings. The van der Waals surface area contributed by atoms with Gasteiger partial charge in [-0.2, -0.15) is 5.11 Å². The average Bonchev–Trinajstić information content (AvgIpc) is 3.52. The van der Waals surface area contributed by atoms with Crippen LogP contribution in [0.4, 0.5) is 0 Å². The Morgan fingerprint density at radius 2 is 1.88 bits per heavy atom. The third kappa shape index (κ3) is 8.59. The molecule has 1 heterocycles. The van der Waals surface area contributed by atoms with Crippen molar-refractivity contribution in [2.45, 2.75) is 57.5 Å². The molecule has 41 heavy (non-hydrogen) atoms. The summed E-state index contributed by atoms with van der Waals surface area (Å²) in [6, 6.07) is 10.5. The smallest absolute Gasteiger partial charge is 0.245 e. The summed E-state index contributed by atoms with van der Waals surface area (Å²) >= 11 is 3.47. The van der Waals surface area contributed by atoms with E-state index < -0.39 is 6.04 Å². The molecular weight excluding hydrogens is 590 g/mol. The summed E-state index contributed by atoms with van der Waals surface area (Å²) in [7, 11) is 3.08. The molecule has 0 spiro atoms. The van der Waals surface area contributed by atoms with Crippen LogP contribution in [-0.4, -0.2) is 50.3 Å². The maximum absolute atomic E-state index is 13.3. The molecule has 0 unspecified atom stereocenters. The van der Waals surface area contributed by atoms with Crippen LogP contribution in [0.2, 0.25) is 0 Å². The second kappa shape index (κ2) is 14.7. The summed E-state index contributed by atoms with van der Waals surface area (Å²) in [5, 5.41) is 17.3. The minimum Gasteiger partial charge on any atom is -0.493 e. The van der Waals surface area contributed by atoms with E-state index in [1.165, 1.54) is 13.5 Å². The second-order valence-corrected chi connectivity index (χ2v) is 11.0. The number of hydrogen-bond donors (Lipinski definition) is 3. The van der Waals surface area contributed by atoms with Crippen molar-refractivity contribution in [3.05, 3.63) is 57.6 Å². The minimum absolute atomic E-state index is 0.0266. The van der Waals surface area contributed by atoms with Gasteiger partial charge in [0.1, 0.15) is 12.6 Å². The van der Waals surface area contributed by atoms with Crippen LogP contribution in [0.25, 0.3) is 0 Å². The Hall–Kier alpha value is -3.80. The number of hydrogen-bond acceptors (Lipinski definition) is 8. The summed E-state index contributed by atoms with van der Waals surface area (Å²) in [5.74, 6) is 0.759. The van der Waals surface area contributed by atoms with Crippen molar-refractivity contribution in [1.82, 2.24) is 10.6 Å². The molecule has 1 aliphatic carbocycles. The van der Waals surface area contributed by atoms with Crippen molar-refractivity contribution in [3.63, 3.8) is 0 Å². The molecule has 0 radical (unpaired) electrons. The number of ether oxygens (including phenoxy) is 2. The maximum atomic E-state index is 13.3. The minimum atomic E-state index is -0.716. The fourth-order valence-electron chi connectivity index (χ4n) is 5.08. The first-order chi connectivity index (χ1) is 19.9. The number of methoxy groups -OCH3 is 2. The molecule has 0 saturated heterocycles. The van der Waals surface area contributed by atoms with E-state index in [4.69, 9.17) is 15.2 Å². The zero-order valence-electron chi connectivity index (χ0n) is 23.4. The van der Waals surface area contributed by atoms with Crippen molar-refractivity contribution < 1.29 is 19.1 Å². The van der Waals surface area contributed by atoms with E-state index in [1.807, 2.05) is 24.3 Å². The van der Waals surface area contributed by atoms with Gasteiger partial charge in [0.15, 0.2) is 17.5 Å². The normalized spacial score (nSPS) is 16.2. The molecule has 4 N–H and O–H groups in total. The third-order valence-electron chi connectivity index (χ3n) is 7.23. The van der Waals surface area contributed by atoms with Crippen molar-refractivity contribution in [2.75, 3.05) is 20.8 Å². The largest absolute Gasteiger partial charge is 0.493 e. The highest BCUT2D eigenvalue weighted by Gasteiger charge is 2.25. The van der Waals surface area contributed by atoms with Crippen molar-refractivity contribution in [2.24, 2.45) is 32.1 Å². The number of aliphatic imine (C=N–C) groups is 1. The molecular formula is C29H36BrN7O4. The molecule has 12 heteroatoms. The first kappa shape index (κ1) is 30.2. The Labute approximate surface area is 248 Å². The molecule has 4 rings (SSSR count). The zero-order chi connectivity index (χ0) is 29.2. The fourth-order valence-corrected chi connectivity index (χ4v) is 5.54. The molecule has 0 aromatic heterocycles. The first-order valence-corrected chi connectivity index (χ1v) is 14.5. The van der Waals surface area contributed by atoms with E-state index in [-0.39, 0.29) is 24.2 Å². The topological polar surface area (TPSA) is 152 Å². The molecule has 218 valence electrons. The molecule has 2 aliphatic rings. The average molecular weight is 627 g/mol. The van der Waals surface area contributed by atoms with Crippen LogP contribution >= 0.6 is 15.9 Å². The monoisotopic (exact) mass is 625 g/mol. The number of nitrogens with one attached hydrogen (secondary N) is 2. The van der Waals surface area contributed by atoms with E-state index in [9.17, 15) is 9.59 Å². The van der Waals surface area contributed by atoms with E-state index in [1.54, 1.807) is 19.2 Å². The van der Waals surface area contributed by atoms with Crippen LogP contribution < -0.4 is 25.8 Å². The zero-order valence-corrected chi connectivity index (χ0v) is 24.9. The van der Waals surface area contributed by atoms with Gasteiger partial charge in [-0.15, -0.1) is 5.10 Å². The third-order valence-corrected chi connectivity index (χ3v) is 7.96. The number of nitrogens with two attached hydrogens (primary N) is 1. The highest BCUT2D eigenvalue weighted by atomic mass is 79.9. The predicted octanol–water partition coefficient (Wildman–Crippen LogP) is 4.27. The van der Waals surface area contributed by atoms with E-state index in [0.29, 0.717) is 47.0 Å². The number of halogens is 1. The lowest BCUT2D eigenvalue weighted by molar-refractivity contribution is -0.123. The van der Waals surface area contributed by atoms with Gasteiger partial charge in [0.2, 0.25) is 11.8 Å². The Balaban J connectivity index is 1.42. The Morgan fingerprint density at radius 3 is 2.59 bits per heavy atom. The van der Waals surface area contributed by atoms with Crippen LogP contribution in [0, 0.1) is 5.92 Å². The second-order valence-electron chi connectivity index (χ2n) is 10.1. The molecule has 2 aromatic rings. The number of rotatable bonds is 11. The quantitative estimate of drug-likeness (QED) is 0.251. The molecule has 1 saturated carbocycles. The molecule has 0 bridgehead atoms. The number of nitrogens with zero attached hydrogens (tertiary/aromatic N) is 4. The summed E-state index contributed by atoms with van der Waals surface area (Å²) in [6.45, 7) is 0.770. The molecule has 2 amide bonds. The van der Waals surface area contributed by atoms with Gasteiger partial charge in [0.25, 0.3) is 0 Å². The van der Waals surface area contributed by atoms with Crippen molar-refractivity contribution >= 4 is 39.4 Å². The summed E-state index contributed by atoms with van der Waals surface area (Å²) < 4.78 is 11.3. The summed E-state index contributed by atoms with van der Waals surface area (Å²) in [4.78, 5) is 30.7. The highest BCUT2D eigenvalue weighted by Crippen LogP contribution is 2.33. The van der Waals surface area contributed by atoms with E-state index in [2.05, 4.69) is 47.0 Å². The van der Waals surface area contributed by atoms with Gasteiger partial charge in [-0.05, 0) is 46.9 Å². The predicted molar refractivity (Wildman–Crippen MR) is 160 cm³/mol. The maximum Gasteiger partial charge on any atom is 0.245 e. The van der Waals surface area contributed by atoms with Crippen molar-refractivity contribution in [3.8, 4) is 11.5 Å². The number of carbonyl (C=O) groups is 2. The van der Waals surface area contributed by atoms with Gasteiger partial charge < -0.3 is 20.5 Å². The van der Waals surface area contributed by atoms with Crippen LogP contribution in [0.5, 0.6) is 11.5 Å². The fraction of sp³-hybridized carbons (Fsp3) is 0.448. The highest BCUT2D eigenvalue weighted by molar-refractivity contribution is 9.10. The van der Waals surface area contributed by atoms with Gasteiger partial charge in [0, 0.05) is 16.6 Å². The number of amides is 2. The van der Waals surface area contributed by atoms with Crippen molar-refractivity contribution in [1.29, 1.82) is 0 Å².